The number of nitrogens with two attached hydrogens (primary N) is 1. The van der Waals surface area contributed by atoms with Gasteiger partial charge in [-0.3, -0.25) is 4.68 Å². The van der Waals surface area contributed by atoms with Crippen molar-refractivity contribution < 1.29 is 18.3 Å². The molecule has 2 saturated carbocycles. The Morgan fingerprint density at radius 2 is 1.82 bits per heavy atom. The molecule has 2 aromatic rings. The first-order valence-corrected chi connectivity index (χ1v) is 11.9. The lowest BCUT2D eigenvalue weighted by Crippen LogP contribution is -2.41. The number of nitrogens with zero attached hydrogens (tertiary/aromatic N) is 4. The predicted octanol–water partition coefficient (Wildman–Crippen LogP) is 4.32. The molecule has 180 valence electrons. The minimum Gasteiger partial charge on any atom is -0.396 e. The summed E-state index contributed by atoms with van der Waals surface area (Å²) in [7, 11) is 0. The monoisotopic (exact) mass is 463 g/mol. The van der Waals surface area contributed by atoms with Crippen LogP contribution in [0.4, 0.5) is 19.0 Å². The summed E-state index contributed by atoms with van der Waals surface area (Å²) in [6, 6.07) is 3.74. The molecule has 0 bridgehead atoms. The fraction of sp³-hybridized carbons (Fsp3) is 0.667. The van der Waals surface area contributed by atoms with Crippen LogP contribution in [0, 0.1) is 17.8 Å². The Hall–Kier alpha value is -2.13. The smallest absolute Gasteiger partial charge is 0.396 e. The van der Waals surface area contributed by atoms with Gasteiger partial charge < -0.3 is 15.7 Å². The summed E-state index contributed by atoms with van der Waals surface area (Å²) in [5, 5.41) is 14.1. The number of pyridine rings is 1. The number of rotatable bonds is 5. The summed E-state index contributed by atoms with van der Waals surface area (Å²) in [4.78, 5) is 6.38. The quantitative estimate of drug-likeness (QED) is 0.690. The van der Waals surface area contributed by atoms with Crippen LogP contribution in [0.15, 0.2) is 18.3 Å². The molecule has 3 aliphatic rings. The minimum absolute atomic E-state index is 0.118. The molecule has 2 unspecified atom stereocenters. The van der Waals surface area contributed by atoms with Crippen LogP contribution >= 0.6 is 0 Å². The normalized spacial score (nSPS) is 28.5. The third kappa shape index (κ3) is 4.14. The van der Waals surface area contributed by atoms with E-state index in [4.69, 9.17) is 5.73 Å². The molecule has 0 aromatic carbocycles. The van der Waals surface area contributed by atoms with Gasteiger partial charge in [-0.15, -0.1) is 0 Å². The zero-order chi connectivity index (χ0) is 23.5. The molecule has 1 saturated heterocycles. The largest absolute Gasteiger partial charge is 0.419 e. The molecule has 0 spiro atoms. The molecular weight excluding hydrogens is 431 g/mol. The van der Waals surface area contributed by atoms with Crippen molar-refractivity contribution >= 4 is 5.82 Å². The first kappa shape index (κ1) is 22.7. The number of piperidine rings is 1. The molecule has 6 nitrogen and oxygen atoms in total. The molecule has 9 heteroatoms. The summed E-state index contributed by atoms with van der Waals surface area (Å²) in [6.07, 6.45) is 1.31. The molecule has 0 amide bonds. The lowest BCUT2D eigenvalue weighted by atomic mass is 9.94. The summed E-state index contributed by atoms with van der Waals surface area (Å²) in [5.41, 5.74) is 6.54. The van der Waals surface area contributed by atoms with Gasteiger partial charge in [0.25, 0.3) is 0 Å². The van der Waals surface area contributed by atoms with Crippen molar-refractivity contribution in [1.29, 1.82) is 0 Å². The summed E-state index contributed by atoms with van der Waals surface area (Å²) >= 11 is 0. The van der Waals surface area contributed by atoms with E-state index < -0.39 is 17.6 Å². The SMILES string of the molecule is CC(C)n1nc(-c2cnc(N)c(C(F)(F)F)c2)cc1C1[C@H]2CC(N3CCC(CO)CC3)C[C@@H]12. The Labute approximate surface area is 192 Å². The number of hydrogen-bond donors (Lipinski definition) is 2. The van der Waals surface area contributed by atoms with E-state index in [0.29, 0.717) is 47.6 Å². The summed E-state index contributed by atoms with van der Waals surface area (Å²) in [5.74, 6) is 1.58. The third-order valence-corrected chi connectivity index (χ3v) is 7.96. The van der Waals surface area contributed by atoms with Crippen LogP contribution in [0.2, 0.25) is 0 Å². The maximum Gasteiger partial charge on any atom is 0.419 e. The van der Waals surface area contributed by atoms with Crippen molar-refractivity contribution in [2.45, 2.75) is 63.7 Å². The Morgan fingerprint density at radius 1 is 1.15 bits per heavy atom. The van der Waals surface area contributed by atoms with Crippen LogP contribution in [0.1, 0.15) is 62.7 Å². The molecule has 2 aromatic heterocycles. The highest BCUT2D eigenvalue weighted by Gasteiger charge is 2.58. The average Bonchev–Trinajstić information content (AvgIpc) is 3.13. The number of aliphatic hydroxyl groups is 1. The molecule has 0 radical (unpaired) electrons. The number of aliphatic hydroxyl groups excluding tert-OH is 1. The van der Waals surface area contributed by atoms with Crippen LogP contribution in [0.3, 0.4) is 0 Å². The fourth-order valence-electron chi connectivity index (χ4n) is 6.10. The molecule has 3 N–H and O–H groups in total. The Balaban J connectivity index is 1.33. The average molecular weight is 464 g/mol. The van der Waals surface area contributed by atoms with Crippen LogP contribution < -0.4 is 5.73 Å². The van der Waals surface area contributed by atoms with Gasteiger partial charge in [-0.25, -0.2) is 4.98 Å². The second kappa shape index (κ2) is 8.27. The first-order chi connectivity index (χ1) is 15.7. The van der Waals surface area contributed by atoms with Gasteiger partial charge in [0.1, 0.15) is 5.82 Å². The second-order valence-electron chi connectivity index (χ2n) is 10.3. The van der Waals surface area contributed by atoms with Crippen LogP contribution in [0.5, 0.6) is 0 Å². The van der Waals surface area contributed by atoms with Gasteiger partial charge in [-0.05, 0) is 82.5 Å². The Morgan fingerprint density at radius 3 is 2.39 bits per heavy atom. The number of likely N-dealkylation sites (tertiary alicyclic amines) is 1. The maximum absolute atomic E-state index is 13.3. The van der Waals surface area contributed by atoms with E-state index in [1.807, 2.05) is 10.7 Å². The number of halogens is 3. The van der Waals surface area contributed by atoms with Crippen molar-refractivity contribution in [3.05, 3.63) is 29.6 Å². The van der Waals surface area contributed by atoms with E-state index >= 15 is 0 Å². The van der Waals surface area contributed by atoms with Crippen LogP contribution in [-0.2, 0) is 6.18 Å². The molecular formula is C24H32F3N5O. The van der Waals surface area contributed by atoms with Crippen molar-refractivity contribution in [3.63, 3.8) is 0 Å². The van der Waals surface area contributed by atoms with Gasteiger partial charge in [0.05, 0.1) is 11.3 Å². The van der Waals surface area contributed by atoms with Gasteiger partial charge >= 0.3 is 6.18 Å². The highest BCUT2D eigenvalue weighted by atomic mass is 19.4. The molecule has 1 aliphatic heterocycles. The minimum atomic E-state index is -4.55. The molecule has 5 rings (SSSR count). The van der Waals surface area contributed by atoms with Gasteiger partial charge in [-0.2, -0.15) is 18.3 Å². The predicted molar refractivity (Wildman–Crippen MR) is 119 cm³/mol. The first-order valence-electron chi connectivity index (χ1n) is 11.9. The Kier molecular flexibility index (Phi) is 5.68. The van der Waals surface area contributed by atoms with E-state index in [1.165, 1.54) is 19.0 Å². The standard InChI is InChI=1S/C24H32F3N5O/c1-13(2)32-21(10-20(30-32)15-7-19(24(25,26)27)23(28)29-11-15)22-17-8-16(9-18(17)22)31-5-3-14(12-33)4-6-31/h7,10-11,13-14,16-18,22,33H,3-6,8-9,12H2,1-2H3,(H2,28,29)/t16?,17-,18+,22?. The van der Waals surface area contributed by atoms with Crippen molar-refractivity contribution in [1.82, 2.24) is 19.7 Å². The van der Waals surface area contributed by atoms with E-state index in [9.17, 15) is 18.3 Å². The van der Waals surface area contributed by atoms with E-state index in [-0.39, 0.29) is 6.04 Å². The number of fused-ring (bicyclic) bond motifs is 1. The van der Waals surface area contributed by atoms with E-state index in [0.717, 1.165) is 37.7 Å². The zero-order valence-corrected chi connectivity index (χ0v) is 19.1. The number of hydrogen-bond acceptors (Lipinski definition) is 5. The molecule has 33 heavy (non-hydrogen) atoms. The molecule has 2 aliphatic carbocycles. The highest BCUT2D eigenvalue weighted by Crippen LogP contribution is 2.64. The lowest BCUT2D eigenvalue weighted by Gasteiger charge is -2.36. The van der Waals surface area contributed by atoms with Gasteiger partial charge in [-0.1, -0.05) is 0 Å². The summed E-state index contributed by atoms with van der Waals surface area (Å²) < 4.78 is 41.9. The Bertz CT molecular complexity index is 1000. The van der Waals surface area contributed by atoms with Crippen LogP contribution in [-0.4, -0.2) is 50.5 Å². The molecule has 4 atom stereocenters. The number of anilines is 1. The third-order valence-electron chi connectivity index (χ3n) is 7.96. The van der Waals surface area contributed by atoms with Crippen LogP contribution in [0.25, 0.3) is 11.3 Å². The highest BCUT2D eigenvalue weighted by molar-refractivity contribution is 5.63. The number of aromatic nitrogens is 3. The van der Waals surface area contributed by atoms with Gasteiger partial charge in [0.2, 0.25) is 0 Å². The molecule has 3 fully saturated rings. The topological polar surface area (TPSA) is 80.2 Å². The number of nitrogen functional groups attached to an aromatic ring is 1. The van der Waals surface area contributed by atoms with Gasteiger partial charge in [0, 0.05) is 42.1 Å². The zero-order valence-electron chi connectivity index (χ0n) is 19.1. The van der Waals surface area contributed by atoms with Gasteiger partial charge in [0.15, 0.2) is 0 Å². The van der Waals surface area contributed by atoms with Crippen molar-refractivity contribution in [2.24, 2.45) is 17.8 Å². The van der Waals surface area contributed by atoms with E-state index in [2.05, 4.69) is 28.8 Å². The maximum atomic E-state index is 13.3. The molecule has 3 heterocycles. The number of alkyl halides is 3. The van der Waals surface area contributed by atoms with Crippen molar-refractivity contribution in [3.8, 4) is 11.3 Å². The summed E-state index contributed by atoms with van der Waals surface area (Å²) in [6.45, 7) is 6.53. The van der Waals surface area contributed by atoms with E-state index in [1.54, 1.807) is 0 Å². The van der Waals surface area contributed by atoms with Crippen molar-refractivity contribution in [2.75, 3.05) is 25.4 Å². The second-order valence-corrected chi connectivity index (χ2v) is 10.3. The lowest BCUT2D eigenvalue weighted by molar-refractivity contribution is -0.137. The fourth-order valence-corrected chi connectivity index (χ4v) is 6.10.